The fraction of sp³-hybridized carbons (Fsp3) is 0.600. The van der Waals surface area contributed by atoms with E-state index in [1.165, 1.54) is 0 Å². The molecule has 3 unspecified atom stereocenters. The maximum atomic E-state index is 12.6. The standard InChI is InChI=1S/C20H30N2O3/c1-14(2)17-10-9-15(3)11-20(17,25)19(24)22-13-18(23)21-12-16-7-5-4-6-8-16/h4-8,14-15,17,25H,9-13H2,1-3H3,(H,21,23)(H,22,24). The van der Waals surface area contributed by atoms with Crippen LogP contribution in [-0.4, -0.2) is 29.1 Å². The second-order valence-corrected chi connectivity index (χ2v) is 7.61. The van der Waals surface area contributed by atoms with Gasteiger partial charge in [-0.15, -0.1) is 0 Å². The van der Waals surface area contributed by atoms with Crippen molar-refractivity contribution in [2.75, 3.05) is 6.54 Å². The summed E-state index contributed by atoms with van der Waals surface area (Å²) in [4.78, 5) is 24.6. The first-order valence-corrected chi connectivity index (χ1v) is 9.14. The molecule has 1 aliphatic carbocycles. The van der Waals surface area contributed by atoms with Crippen molar-refractivity contribution in [2.24, 2.45) is 17.8 Å². The monoisotopic (exact) mass is 346 g/mol. The van der Waals surface area contributed by atoms with Crippen LogP contribution >= 0.6 is 0 Å². The molecule has 25 heavy (non-hydrogen) atoms. The molecule has 0 radical (unpaired) electrons. The Morgan fingerprint density at radius 1 is 1.20 bits per heavy atom. The normalized spacial score (nSPS) is 26.3. The highest BCUT2D eigenvalue weighted by atomic mass is 16.3. The number of carbonyl (C=O) groups is 2. The van der Waals surface area contributed by atoms with E-state index in [9.17, 15) is 14.7 Å². The van der Waals surface area contributed by atoms with Crippen molar-refractivity contribution >= 4 is 11.8 Å². The van der Waals surface area contributed by atoms with Gasteiger partial charge in [-0.3, -0.25) is 9.59 Å². The molecule has 0 saturated heterocycles. The van der Waals surface area contributed by atoms with E-state index in [0.29, 0.717) is 18.9 Å². The Bertz CT molecular complexity index is 588. The van der Waals surface area contributed by atoms with Gasteiger partial charge in [0.1, 0.15) is 5.60 Å². The molecule has 5 nitrogen and oxygen atoms in total. The van der Waals surface area contributed by atoms with Crippen LogP contribution in [0.15, 0.2) is 30.3 Å². The number of rotatable bonds is 6. The van der Waals surface area contributed by atoms with E-state index in [2.05, 4.69) is 17.6 Å². The van der Waals surface area contributed by atoms with Gasteiger partial charge in [-0.1, -0.05) is 57.5 Å². The van der Waals surface area contributed by atoms with Gasteiger partial charge >= 0.3 is 0 Å². The zero-order valence-electron chi connectivity index (χ0n) is 15.4. The van der Waals surface area contributed by atoms with Gasteiger partial charge in [-0.25, -0.2) is 0 Å². The van der Waals surface area contributed by atoms with Crippen LogP contribution in [0.5, 0.6) is 0 Å². The van der Waals surface area contributed by atoms with Crippen LogP contribution in [-0.2, 0) is 16.1 Å². The fourth-order valence-electron chi connectivity index (χ4n) is 3.81. The van der Waals surface area contributed by atoms with E-state index < -0.39 is 11.5 Å². The molecule has 0 bridgehead atoms. The van der Waals surface area contributed by atoms with E-state index in [4.69, 9.17) is 0 Å². The van der Waals surface area contributed by atoms with Gasteiger partial charge in [-0.2, -0.15) is 0 Å². The molecule has 1 aliphatic rings. The molecule has 0 aliphatic heterocycles. The zero-order chi connectivity index (χ0) is 18.4. The minimum atomic E-state index is -1.38. The van der Waals surface area contributed by atoms with Crippen molar-refractivity contribution in [3.8, 4) is 0 Å². The topological polar surface area (TPSA) is 78.4 Å². The highest BCUT2D eigenvalue weighted by molar-refractivity contribution is 5.89. The van der Waals surface area contributed by atoms with Gasteiger partial charge in [0.15, 0.2) is 0 Å². The molecular weight excluding hydrogens is 316 g/mol. The number of nitrogens with one attached hydrogen (secondary N) is 2. The lowest BCUT2D eigenvalue weighted by molar-refractivity contribution is -0.156. The molecule has 0 heterocycles. The summed E-state index contributed by atoms with van der Waals surface area (Å²) in [6.45, 7) is 6.43. The molecule has 0 aromatic heterocycles. The Balaban J connectivity index is 1.88. The van der Waals surface area contributed by atoms with Gasteiger partial charge in [0.05, 0.1) is 6.54 Å². The van der Waals surface area contributed by atoms with Crippen molar-refractivity contribution in [1.29, 1.82) is 0 Å². The van der Waals surface area contributed by atoms with Crippen LogP contribution in [0.3, 0.4) is 0 Å². The molecule has 3 N–H and O–H groups in total. The van der Waals surface area contributed by atoms with Crippen LogP contribution in [0.4, 0.5) is 0 Å². The Hall–Kier alpha value is -1.88. The van der Waals surface area contributed by atoms with Crippen LogP contribution in [0, 0.1) is 17.8 Å². The second-order valence-electron chi connectivity index (χ2n) is 7.61. The third-order valence-corrected chi connectivity index (χ3v) is 5.18. The Labute approximate surface area is 150 Å². The highest BCUT2D eigenvalue weighted by Crippen LogP contribution is 2.41. The number of aliphatic hydroxyl groups is 1. The smallest absolute Gasteiger partial charge is 0.252 e. The lowest BCUT2D eigenvalue weighted by Gasteiger charge is -2.43. The summed E-state index contributed by atoms with van der Waals surface area (Å²) in [5, 5.41) is 16.4. The third-order valence-electron chi connectivity index (χ3n) is 5.18. The van der Waals surface area contributed by atoms with Crippen LogP contribution in [0.1, 0.15) is 45.6 Å². The van der Waals surface area contributed by atoms with Gasteiger partial charge in [0.2, 0.25) is 5.91 Å². The van der Waals surface area contributed by atoms with E-state index in [1.54, 1.807) is 0 Å². The predicted octanol–water partition coefficient (Wildman–Crippen LogP) is 2.24. The lowest BCUT2D eigenvalue weighted by atomic mass is 9.66. The summed E-state index contributed by atoms with van der Waals surface area (Å²) >= 11 is 0. The third kappa shape index (κ3) is 5.05. The largest absolute Gasteiger partial charge is 0.380 e. The number of benzene rings is 1. The van der Waals surface area contributed by atoms with E-state index >= 15 is 0 Å². The number of carbonyl (C=O) groups excluding carboxylic acids is 2. The maximum absolute atomic E-state index is 12.6. The summed E-state index contributed by atoms with van der Waals surface area (Å²) in [6, 6.07) is 9.60. The van der Waals surface area contributed by atoms with Crippen molar-refractivity contribution in [3.63, 3.8) is 0 Å². The van der Waals surface area contributed by atoms with Crippen molar-refractivity contribution in [3.05, 3.63) is 35.9 Å². The summed E-state index contributed by atoms with van der Waals surface area (Å²) in [5.74, 6) is -0.234. The predicted molar refractivity (Wildman–Crippen MR) is 97.6 cm³/mol. The average molecular weight is 346 g/mol. The molecule has 2 amide bonds. The molecule has 5 heteroatoms. The van der Waals surface area contributed by atoms with Gasteiger partial charge < -0.3 is 15.7 Å². The molecule has 0 spiro atoms. The first kappa shape index (κ1) is 19.4. The second kappa shape index (κ2) is 8.48. The molecule has 1 aromatic rings. The quantitative estimate of drug-likeness (QED) is 0.739. The zero-order valence-corrected chi connectivity index (χ0v) is 15.4. The summed E-state index contributed by atoms with van der Waals surface area (Å²) in [7, 11) is 0. The Morgan fingerprint density at radius 2 is 1.88 bits per heavy atom. The molecule has 1 saturated carbocycles. The highest BCUT2D eigenvalue weighted by Gasteiger charge is 2.48. The van der Waals surface area contributed by atoms with Crippen LogP contribution in [0.25, 0.3) is 0 Å². The van der Waals surface area contributed by atoms with Gasteiger partial charge in [0, 0.05) is 6.54 Å². The summed E-state index contributed by atoms with van der Waals surface area (Å²) in [5.41, 5.74) is -0.382. The Kier molecular flexibility index (Phi) is 6.59. The number of hydrogen-bond acceptors (Lipinski definition) is 3. The molecule has 1 aromatic carbocycles. The average Bonchev–Trinajstić information content (AvgIpc) is 2.58. The molecule has 1 fully saturated rings. The van der Waals surface area contributed by atoms with E-state index in [1.807, 2.05) is 44.2 Å². The van der Waals surface area contributed by atoms with Gasteiger partial charge in [-0.05, 0) is 36.2 Å². The molecule has 138 valence electrons. The van der Waals surface area contributed by atoms with Gasteiger partial charge in [0.25, 0.3) is 5.91 Å². The van der Waals surface area contributed by atoms with Crippen LogP contribution < -0.4 is 10.6 Å². The van der Waals surface area contributed by atoms with Crippen molar-refractivity contribution in [1.82, 2.24) is 10.6 Å². The molecule has 3 atom stereocenters. The summed E-state index contributed by atoms with van der Waals surface area (Å²) < 4.78 is 0. The van der Waals surface area contributed by atoms with E-state index in [0.717, 1.165) is 18.4 Å². The van der Waals surface area contributed by atoms with Crippen molar-refractivity contribution in [2.45, 2.75) is 52.2 Å². The first-order chi connectivity index (χ1) is 11.8. The maximum Gasteiger partial charge on any atom is 0.252 e. The van der Waals surface area contributed by atoms with Crippen molar-refractivity contribution < 1.29 is 14.7 Å². The minimum Gasteiger partial charge on any atom is -0.380 e. The molecule has 2 rings (SSSR count). The summed E-state index contributed by atoms with van der Waals surface area (Å²) in [6.07, 6.45) is 2.31. The fourth-order valence-corrected chi connectivity index (χ4v) is 3.81. The minimum absolute atomic E-state index is 0.0731. The SMILES string of the molecule is CC1CCC(C(C)C)C(O)(C(=O)NCC(=O)NCc2ccccc2)C1. The number of hydrogen-bond donors (Lipinski definition) is 3. The van der Waals surface area contributed by atoms with E-state index in [-0.39, 0.29) is 24.3 Å². The molecular formula is C20H30N2O3. The van der Waals surface area contributed by atoms with Crippen LogP contribution in [0.2, 0.25) is 0 Å². The Morgan fingerprint density at radius 3 is 2.52 bits per heavy atom. The number of amides is 2. The lowest BCUT2D eigenvalue weighted by Crippen LogP contribution is -2.57. The first-order valence-electron chi connectivity index (χ1n) is 9.14.